The number of nitrogens with one attached hydrogen (secondary N) is 2. The fourth-order valence-electron chi connectivity index (χ4n) is 3.69. The molecular formula is C18H35N3. The highest BCUT2D eigenvalue weighted by Gasteiger charge is 2.37. The zero-order valence-electron chi connectivity index (χ0n) is 14.0. The average Bonchev–Trinajstić information content (AvgIpc) is 2.52. The Morgan fingerprint density at radius 1 is 0.952 bits per heavy atom. The second-order valence-electron chi connectivity index (χ2n) is 6.79. The maximum Gasteiger partial charge on any atom is 0.0545 e. The lowest BCUT2D eigenvalue weighted by atomic mass is 9.85. The molecule has 0 radical (unpaired) electrons. The van der Waals surface area contributed by atoms with Crippen molar-refractivity contribution < 1.29 is 0 Å². The van der Waals surface area contributed by atoms with Crippen LogP contribution >= 0.6 is 0 Å². The molecule has 3 heteroatoms. The highest BCUT2D eigenvalue weighted by molar-refractivity contribution is 5.03. The number of piperazine rings is 1. The Bertz CT molecular complexity index is 287. The number of unbranched alkanes of at least 4 members (excludes halogenated alkanes) is 6. The minimum Gasteiger partial charge on any atom is -0.369 e. The monoisotopic (exact) mass is 293 g/mol. The molecule has 2 saturated heterocycles. The Labute approximate surface area is 131 Å². The molecule has 21 heavy (non-hydrogen) atoms. The Kier molecular flexibility index (Phi) is 7.59. The number of hydrogen-bond acceptors (Lipinski definition) is 3. The van der Waals surface area contributed by atoms with E-state index in [0.29, 0.717) is 5.54 Å². The lowest BCUT2D eigenvalue weighted by molar-refractivity contribution is 0.0765. The third kappa shape index (κ3) is 5.30. The van der Waals surface area contributed by atoms with E-state index in [0.717, 1.165) is 13.1 Å². The van der Waals surface area contributed by atoms with Crippen molar-refractivity contribution in [3.8, 4) is 0 Å². The standard InChI is InChI=1S/C18H35N3/c1-2-3-4-5-6-7-8-9-15-21-16-14-20-17-18(21)10-12-19-13-11-18/h9,15,19-20H,2-8,10-14,16-17H2,1H3/b15-9-. The number of allylic oxidation sites excluding steroid dienone is 1. The molecule has 0 bridgehead atoms. The second-order valence-corrected chi connectivity index (χ2v) is 6.79. The first-order valence-electron chi connectivity index (χ1n) is 9.22. The van der Waals surface area contributed by atoms with Gasteiger partial charge in [-0.15, -0.1) is 0 Å². The van der Waals surface area contributed by atoms with Crippen LogP contribution in [-0.4, -0.2) is 43.2 Å². The zero-order chi connectivity index (χ0) is 14.8. The summed E-state index contributed by atoms with van der Waals surface area (Å²) in [5, 5.41) is 7.10. The highest BCUT2D eigenvalue weighted by Crippen LogP contribution is 2.28. The van der Waals surface area contributed by atoms with Gasteiger partial charge in [0.05, 0.1) is 5.54 Å². The van der Waals surface area contributed by atoms with Gasteiger partial charge < -0.3 is 15.5 Å². The molecule has 2 aliphatic heterocycles. The van der Waals surface area contributed by atoms with Crippen molar-refractivity contribution in [2.45, 2.75) is 70.3 Å². The quantitative estimate of drug-likeness (QED) is 0.673. The largest absolute Gasteiger partial charge is 0.369 e. The van der Waals surface area contributed by atoms with Gasteiger partial charge in [-0.05, 0) is 45.0 Å². The molecule has 122 valence electrons. The van der Waals surface area contributed by atoms with Gasteiger partial charge in [0.2, 0.25) is 0 Å². The first kappa shape index (κ1) is 16.8. The van der Waals surface area contributed by atoms with Crippen LogP contribution in [0.15, 0.2) is 12.3 Å². The van der Waals surface area contributed by atoms with E-state index in [1.165, 1.54) is 77.4 Å². The summed E-state index contributed by atoms with van der Waals surface area (Å²) in [4.78, 5) is 2.64. The lowest BCUT2D eigenvalue weighted by Crippen LogP contribution is -2.62. The molecule has 0 aromatic heterocycles. The molecule has 0 amide bonds. The number of hydrogen-bond donors (Lipinski definition) is 2. The van der Waals surface area contributed by atoms with E-state index in [-0.39, 0.29) is 0 Å². The molecule has 0 saturated carbocycles. The molecule has 2 N–H and O–H groups in total. The van der Waals surface area contributed by atoms with Crippen LogP contribution in [-0.2, 0) is 0 Å². The van der Waals surface area contributed by atoms with Gasteiger partial charge >= 0.3 is 0 Å². The van der Waals surface area contributed by atoms with Gasteiger partial charge in [-0.3, -0.25) is 0 Å². The maximum absolute atomic E-state index is 3.60. The molecule has 0 aromatic rings. The molecule has 0 unspecified atom stereocenters. The van der Waals surface area contributed by atoms with E-state index in [9.17, 15) is 0 Å². The Morgan fingerprint density at radius 3 is 2.52 bits per heavy atom. The van der Waals surface area contributed by atoms with Gasteiger partial charge in [-0.25, -0.2) is 0 Å². The van der Waals surface area contributed by atoms with Gasteiger partial charge in [0.1, 0.15) is 0 Å². The van der Waals surface area contributed by atoms with Crippen LogP contribution in [0.4, 0.5) is 0 Å². The van der Waals surface area contributed by atoms with Gasteiger partial charge in [0.15, 0.2) is 0 Å². The van der Waals surface area contributed by atoms with Crippen LogP contribution in [0.3, 0.4) is 0 Å². The highest BCUT2D eigenvalue weighted by atomic mass is 15.3. The summed E-state index contributed by atoms with van der Waals surface area (Å²) < 4.78 is 0. The molecule has 2 heterocycles. The van der Waals surface area contributed by atoms with Crippen molar-refractivity contribution in [2.75, 3.05) is 32.7 Å². The molecule has 0 aliphatic carbocycles. The molecule has 2 rings (SSSR count). The van der Waals surface area contributed by atoms with Crippen molar-refractivity contribution in [3.05, 3.63) is 12.3 Å². The van der Waals surface area contributed by atoms with Gasteiger partial charge in [-0.1, -0.05) is 45.1 Å². The molecular weight excluding hydrogens is 258 g/mol. The summed E-state index contributed by atoms with van der Waals surface area (Å²) in [5.74, 6) is 0. The smallest absolute Gasteiger partial charge is 0.0545 e. The Morgan fingerprint density at radius 2 is 1.71 bits per heavy atom. The zero-order valence-corrected chi connectivity index (χ0v) is 14.0. The number of piperidine rings is 1. The molecule has 2 fully saturated rings. The molecule has 3 nitrogen and oxygen atoms in total. The number of rotatable bonds is 8. The lowest BCUT2D eigenvalue weighted by Gasteiger charge is -2.49. The van der Waals surface area contributed by atoms with Gasteiger partial charge in [0.25, 0.3) is 0 Å². The van der Waals surface area contributed by atoms with Gasteiger partial charge in [0, 0.05) is 19.6 Å². The fourth-order valence-corrected chi connectivity index (χ4v) is 3.69. The SMILES string of the molecule is CCCCCCCC/C=C\N1CCNCC12CCNCC2. The third-order valence-electron chi connectivity index (χ3n) is 5.14. The molecule has 2 aliphatic rings. The summed E-state index contributed by atoms with van der Waals surface area (Å²) in [6.07, 6.45) is 17.0. The van der Waals surface area contributed by atoms with Crippen molar-refractivity contribution in [2.24, 2.45) is 0 Å². The van der Waals surface area contributed by atoms with E-state index in [4.69, 9.17) is 0 Å². The summed E-state index contributed by atoms with van der Waals surface area (Å²) in [6.45, 7) is 8.10. The Hall–Kier alpha value is -0.540. The minimum absolute atomic E-state index is 0.390. The van der Waals surface area contributed by atoms with Crippen LogP contribution < -0.4 is 10.6 Å². The predicted octanol–water partition coefficient (Wildman–Crippen LogP) is 3.28. The van der Waals surface area contributed by atoms with Crippen LogP contribution in [0.2, 0.25) is 0 Å². The average molecular weight is 293 g/mol. The first-order chi connectivity index (χ1) is 10.4. The first-order valence-corrected chi connectivity index (χ1v) is 9.22. The van der Waals surface area contributed by atoms with Crippen molar-refractivity contribution in [1.82, 2.24) is 15.5 Å². The maximum atomic E-state index is 3.60. The number of nitrogens with zero attached hydrogens (tertiary/aromatic N) is 1. The van der Waals surface area contributed by atoms with Crippen LogP contribution in [0, 0.1) is 0 Å². The van der Waals surface area contributed by atoms with E-state index >= 15 is 0 Å². The normalized spacial score (nSPS) is 22.2. The van der Waals surface area contributed by atoms with Crippen LogP contribution in [0.5, 0.6) is 0 Å². The predicted molar refractivity (Wildman–Crippen MR) is 91.5 cm³/mol. The summed E-state index contributed by atoms with van der Waals surface area (Å²) in [6, 6.07) is 0. The summed E-state index contributed by atoms with van der Waals surface area (Å²) in [7, 11) is 0. The van der Waals surface area contributed by atoms with E-state index < -0.39 is 0 Å². The van der Waals surface area contributed by atoms with E-state index in [1.807, 2.05) is 0 Å². The van der Waals surface area contributed by atoms with Crippen LogP contribution in [0.1, 0.15) is 64.7 Å². The summed E-state index contributed by atoms with van der Waals surface area (Å²) in [5.41, 5.74) is 0.390. The second kappa shape index (κ2) is 9.47. The Balaban J connectivity index is 1.68. The third-order valence-corrected chi connectivity index (χ3v) is 5.14. The topological polar surface area (TPSA) is 27.3 Å². The van der Waals surface area contributed by atoms with E-state index in [1.54, 1.807) is 0 Å². The van der Waals surface area contributed by atoms with Crippen molar-refractivity contribution in [3.63, 3.8) is 0 Å². The van der Waals surface area contributed by atoms with Crippen molar-refractivity contribution in [1.29, 1.82) is 0 Å². The fraction of sp³-hybridized carbons (Fsp3) is 0.889. The molecule has 0 atom stereocenters. The van der Waals surface area contributed by atoms with E-state index in [2.05, 4.69) is 34.7 Å². The molecule has 1 spiro atoms. The van der Waals surface area contributed by atoms with Gasteiger partial charge in [-0.2, -0.15) is 0 Å². The minimum atomic E-state index is 0.390. The van der Waals surface area contributed by atoms with Crippen molar-refractivity contribution >= 4 is 0 Å². The van der Waals surface area contributed by atoms with Crippen LogP contribution in [0.25, 0.3) is 0 Å². The summed E-state index contributed by atoms with van der Waals surface area (Å²) >= 11 is 0. The molecule has 0 aromatic carbocycles.